The highest BCUT2D eigenvalue weighted by atomic mass is 16.5. The number of piperidine rings is 1. The number of rotatable bonds is 2. The van der Waals surface area contributed by atoms with E-state index in [0.717, 1.165) is 32.4 Å². The first-order valence-electron chi connectivity index (χ1n) is 6.34. The quantitative estimate of drug-likeness (QED) is 0.727. The molecule has 0 aromatic rings. The molecule has 2 aliphatic rings. The molecule has 0 aromatic heterocycles. The number of hydrogen-bond acceptors (Lipinski definition) is 3. The van der Waals surface area contributed by atoms with Crippen LogP contribution in [0.3, 0.4) is 0 Å². The molecule has 4 nitrogen and oxygen atoms in total. The van der Waals surface area contributed by atoms with Gasteiger partial charge in [-0.15, -0.1) is 0 Å². The largest absolute Gasteiger partial charge is 0.368 e. The van der Waals surface area contributed by atoms with Crippen LogP contribution < -0.4 is 10.6 Å². The van der Waals surface area contributed by atoms with Crippen LogP contribution in [0.25, 0.3) is 0 Å². The minimum Gasteiger partial charge on any atom is -0.368 e. The van der Waals surface area contributed by atoms with Crippen LogP contribution in [0.15, 0.2) is 0 Å². The first-order chi connectivity index (χ1) is 7.68. The van der Waals surface area contributed by atoms with Gasteiger partial charge in [0.2, 0.25) is 5.91 Å². The van der Waals surface area contributed by atoms with E-state index in [4.69, 9.17) is 4.74 Å². The van der Waals surface area contributed by atoms with Crippen molar-refractivity contribution in [1.29, 1.82) is 0 Å². The van der Waals surface area contributed by atoms with Crippen molar-refractivity contribution in [3.63, 3.8) is 0 Å². The zero-order valence-corrected chi connectivity index (χ0v) is 10.2. The Balaban J connectivity index is 1.88. The van der Waals surface area contributed by atoms with Crippen molar-refractivity contribution in [2.75, 3.05) is 13.2 Å². The zero-order valence-electron chi connectivity index (χ0n) is 10.2. The molecule has 0 radical (unpaired) electrons. The van der Waals surface area contributed by atoms with Crippen LogP contribution in [-0.2, 0) is 9.53 Å². The van der Waals surface area contributed by atoms with Gasteiger partial charge in [0.15, 0.2) is 0 Å². The van der Waals surface area contributed by atoms with E-state index >= 15 is 0 Å². The van der Waals surface area contributed by atoms with Crippen molar-refractivity contribution in [2.45, 2.75) is 51.3 Å². The van der Waals surface area contributed by atoms with E-state index in [1.165, 1.54) is 0 Å². The van der Waals surface area contributed by atoms with Gasteiger partial charge in [-0.05, 0) is 38.6 Å². The summed E-state index contributed by atoms with van der Waals surface area (Å²) in [4.78, 5) is 11.9. The van der Waals surface area contributed by atoms with Crippen LogP contribution in [-0.4, -0.2) is 37.2 Å². The lowest BCUT2D eigenvalue weighted by molar-refractivity contribution is -0.131. The molecule has 92 valence electrons. The molecule has 16 heavy (non-hydrogen) atoms. The Morgan fingerprint density at radius 2 is 2.19 bits per heavy atom. The summed E-state index contributed by atoms with van der Waals surface area (Å²) in [7, 11) is 0. The maximum Gasteiger partial charge on any atom is 0.249 e. The molecule has 1 amide bonds. The molecule has 2 aliphatic heterocycles. The van der Waals surface area contributed by atoms with Crippen LogP contribution in [0.5, 0.6) is 0 Å². The number of nitrogens with one attached hydrogen (secondary N) is 2. The third kappa shape index (κ3) is 2.55. The van der Waals surface area contributed by atoms with Crippen LogP contribution >= 0.6 is 0 Å². The van der Waals surface area contributed by atoms with Gasteiger partial charge in [-0.1, -0.05) is 6.92 Å². The smallest absolute Gasteiger partial charge is 0.249 e. The summed E-state index contributed by atoms with van der Waals surface area (Å²) in [6, 6.07) is 0.597. The molecular weight excluding hydrogens is 204 g/mol. The van der Waals surface area contributed by atoms with E-state index in [9.17, 15) is 4.79 Å². The number of hydrogen-bond donors (Lipinski definition) is 2. The minimum absolute atomic E-state index is 0.0740. The summed E-state index contributed by atoms with van der Waals surface area (Å²) in [5.41, 5.74) is 0. The van der Waals surface area contributed by atoms with Crippen LogP contribution in [0.1, 0.15) is 33.1 Å². The van der Waals surface area contributed by atoms with Gasteiger partial charge in [-0.3, -0.25) is 4.79 Å². The van der Waals surface area contributed by atoms with Crippen molar-refractivity contribution in [3.05, 3.63) is 0 Å². The fraction of sp³-hybridized carbons (Fsp3) is 0.917. The summed E-state index contributed by atoms with van der Waals surface area (Å²) in [5.74, 6) is 0.617. The van der Waals surface area contributed by atoms with Crippen LogP contribution in [0, 0.1) is 5.92 Å². The Morgan fingerprint density at radius 1 is 1.38 bits per heavy atom. The molecule has 0 saturated carbocycles. The number of amides is 1. The molecule has 0 aliphatic carbocycles. The Hall–Kier alpha value is -0.610. The molecule has 2 N–H and O–H groups in total. The normalized spacial score (nSPS) is 39.6. The van der Waals surface area contributed by atoms with Crippen molar-refractivity contribution in [3.8, 4) is 0 Å². The average molecular weight is 226 g/mol. The second kappa shape index (κ2) is 5.15. The predicted octanol–water partition coefficient (Wildman–Crippen LogP) is 0.668. The standard InChI is InChI=1S/C12H22N2O2/c1-8-5-6-13-9(2)11(8)14-12(15)10-4-3-7-16-10/h8-11,13H,3-7H2,1-2H3,(H,14,15)/t8?,9?,10-,11?/m1/s1. The number of carbonyl (C=O) groups is 1. The highest BCUT2D eigenvalue weighted by Gasteiger charge is 2.32. The highest BCUT2D eigenvalue weighted by molar-refractivity contribution is 5.81. The molecule has 2 rings (SSSR count). The maximum atomic E-state index is 11.9. The topological polar surface area (TPSA) is 50.4 Å². The summed E-state index contributed by atoms with van der Waals surface area (Å²) in [5, 5.41) is 6.54. The van der Waals surface area contributed by atoms with Gasteiger partial charge < -0.3 is 15.4 Å². The van der Waals surface area contributed by atoms with E-state index in [0.29, 0.717) is 12.0 Å². The molecule has 2 fully saturated rings. The van der Waals surface area contributed by atoms with Crippen LogP contribution in [0.4, 0.5) is 0 Å². The molecule has 3 unspecified atom stereocenters. The van der Waals surface area contributed by atoms with E-state index in [1.54, 1.807) is 0 Å². The molecule has 4 heteroatoms. The number of carbonyl (C=O) groups excluding carboxylic acids is 1. The molecule has 0 bridgehead atoms. The maximum absolute atomic E-state index is 11.9. The molecule has 0 aromatic carbocycles. The lowest BCUT2D eigenvalue weighted by Crippen LogP contribution is -2.57. The second-order valence-electron chi connectivity index (χ2n) is 5.04. The first kappa shape index (κ1) is 11.9. The zero-order chi connectivity index (χ0) is 11.5. The first-order valence-corrected chi connectivity index (χ1v) is 6.34. The SMILES string of the molecule is CC1CCNC(C)C1NC(=O)[C@H]1CCCO1. The summed E-state index contributed by atoms with van der Waals surface area (Å²) >= 11 is 0. The van der Waals surface area contributed by atoms with Gasteiger partial charge >= 0.3 is 0 Å². The molecular formula is C12H22N2O2. The van der Waals surface area contributed by atoms with Crippen molar-refractivity contribution in [1.82, 2.24) is 10.6 Å². The van der Waals surface area contributed by atoms with Gasteiger partial charge in [-0.25, -0.2) is 0 Å². The summed E-state index contributed by atoms with van der Waals surface area (Å²) in [6.07, 6.45) is 2.79. The molecule has 2 heterocycles. The van der Waals surface area contributed by atoms with E-state index in [2.05, 4.69) is 24.5 Å². The highest BCUT2D eigenvalue weighted by Crippen LogP contribution is 2.18. The van der Waals surface area contributed by atoms with Gasteiger partial charge in [-0.2, -0.15) is 0 Å². The fourth-order valence-corrected chi connectivity index (χ4v) is 2.65. The molecule has 4 atom stereocenters. The number of ether oxygens (including phenoxy) is 1. The Labute approximate surface area is 97.1 Å². The molecule has 0 spiro atoms. The Kier molecular flexibility index (Phi) is 3.82. The summed E-state index contributed by atoms with van der Waals surface area (Å²) < 4.78 is 5.39. The van der Waals surface area contributed by atoms with Gasteiger partial charge in [0.05, 0.1) is 0 Å². The van der Waals surface area contributed by atoms with Crippen molar-refractivity contribution < 1.29 is 9.53 Å². The van der Waals surface area contributed by atoms with Gasteiger partial charge in [0, 0.05) is 18.7 Å². The van der Waals surface area contributed by atoms with Crippen molar-refractivity contribution in [2.24, 2.45) is 5.92 Å². The van der Waals surface area contributed by atoms with E-state index in [1.807, 2.05) is 0 Å². The Bertz CT molecular complexity index is 241. The second-order valence-corrected chi connectivity index (χ2v) is 5.04. The molecule has 2 saturated heterocycles. The van der Waals surface area contributed by atoms with Crippen molar-refractivity contribution >= 4 is 5.91 Å². The van der Waals surface area contributed by atoms with Gasteiger partial charge in [0.25, 0.3) is 0 Å². The minimum atomic E-state index is -0.207. The van der Waals surface area contributed by atoms with Gasteiger partial charge in [0.1, 0.15) is 6.10 Å². The Morgan fingerprint density at radius 3 is 2.81 bits per heavy atom. The van der Waals surface area contributed by atoms with E-state index < -0.39 is 0 Å². The lowest BCUT2D eigenvalue weighted by atomic mass is 9.89. The van der Waals surface area contributed by atoms with E-state index in [-0.39, 0.29) is 18.1 Å². The fourth-order valence-electron chi connectivity index (χ4n) is 2.65. The monoisotopic (exact) mass is 226 g/mol. The lowest BCUT2D eigenvalue weighted by Gasteiger charge is -2.36. The third-order valence-electron chi connectivity index (χ3n) is 3.75. The van der Waals surface area contributed by atoms with Crippen LogP contribution in [0.2, 0.25) is 0 Å². The summed E-state index contributed by atoms with van der Waals surface area (Å²) in [6.45, 7) is 6.12. The average Bonchev–Trinajstić information content (AvgIpc) is 2.76. The third-order valence-corrected chi connectivity index (χ3v) is 3.75. The predicted molar refractivity (Wildman–Crippen MR) is 62.2 cm³/mol.